The highest BCUT2D eigenvalue weighted by Gasteiger charge is 2.12. The van der Waals surface area contributed by atoms with Crippen molar-refractivity contribution >= 4 is 11.9 Å². The maximum Gasteiger partial charge on any atom is 0.329 e. The van der Waals surface area contributed by atoms with E-state index >= 15 is 0 Å². The average molecular weight is 348 g/mol. The molecule has 0 aromatic rings. The predicted molar refractivity (Wildman–Crippen MR) is 84.9 cm³/mol. The number of amides is 1. The summed E-state index contributed by atoms with van der Waals surface area (Å²) in [6.07, 6.45) is 2.45. The lowest BCUT2D eigenvalue weighted by molar-refractivity contribution is -0.143. The number of carbonyl (C=O) groups is 2. The number of aliphatic carboxylic acids is 1. The fourth-order valence-corrected chi connectivity index (χ4v) is 2.10. The molecule has 0 aliphatic carbocycles. The molecule has 140 valence electrons. The predicted octanol–water partition coefficient (Wildman–Crippen LogP) is -0.994. The minimum Gasteiger partial charge on any atom is -0.480 e. The highest BCUT2D eigenvalue weighted by molar-refractivity contribution is 5.77. The summed E-state index contributed by atoms with van der Waals surface area (Å²) in [4.78, 5) is 21.4. The maximum absolute atomic E-state index is 11.2. The Labute approximate surface area is 142 Å². The fourth-order valence-electron chi connectivity index (χ4n) is 2.10. The van der Waals surface area contributed by atoms with Crippen LogP contribution in [0.4, 0.5) is 0 Å². The van der Waals surface area contributed by atoms with Crippen LogP contribution in [0.1, 0.15) is 12.8 Å². The van der Waals surface area contributed by atoms with Crippen LogP contribution in [0.5, 0.6) is 0 Å². The number of hydrogen-bond acceptors (Lipinski definition) is 7. The van der Waals surface area contributed by atoms with Crippen molar-refractivity contribution < 1.29 is 33.6 Å². The van der Waals surface area contributed by atoms with Gasteiger partial charge in [0.25, 0.3) is 0 Å². The van der Waals surface area contributed by atoms with Gasteiger partial charge in [-0.2, -0.15) is 0 Å². The number of piperidine rings is 1. The number of ether oxygens (including phenoxy) is 4. The molecule has 9 heteroatoms. The van der Waals surface area contributed by atoms with Gasteiger partial charge in [0, 0.05) is 6.54 Å². The maximum atomic E-state index is 11.2. The molecule has 1 rings (SSSR count). The molecule has 3 N–H and O–H groups in total. The van der Waals surface area contributed by atoms with Crippen LogP contribution in [-0.4, -0.2) is 89.0 Å². The molecule has 1 amide bonds. The monoisotopic (exact) mass is 348 g/mol. The van der Waals surface area contributed by atoms with Crippen LogP contribution in [0.2, 0.25) is 0 Å². The second kappa shape index (κ2) is 14.1. The van der Waals surface area contributed by atoms with E-state index in [2.05, 4.69) is 15.4 Å². The van der Waals surface area contributed by atoms with Gasteiger partial charge in [0.1, 0.15) is 13.2 Å². The minimum atomic E-state index is -1.10. The highest BCUT2D eigenvalue weighted by atomic mass is 16.5. The van der Waals surface area contributed by atoms with Gasteiger partial charge < -0.3 is 34.7 Å². The van der Waals surface area contributed by atoms with E-state index in [1.165, 1.54) is 0 Å². The van der Waals surface area contributed by atoms with E-state index < -0.39 is 12.6 Å². The standard InChI is InChI=1S/C15H28N2O7/c18-14(11-23-12-15(19)20)17-5-6-21-7-8-22-9-10-24-13-1-3-16-4-2-13/h13,16H,1-12H2,(H,17,18)(H,19,20). The largest absolute Gasteiger partial charge is 0.480 e. The Morgan fingerprint density at radius 1 is 0.958 bits per heavy atom. The van der Waals surface area contributed by atoms with Gasteiger partial charge in [-0.15, -0.1) is 0 Å². The normalized spacial score (nSPS) is 15.3. The van der Waals surface area contributed by atoms with Crippen LogP contribution < -0.4 is 10.6 Å². The van der Waals surface area contributed by atoms with Gasteiger partial charge in [0.2, 0.25) is 5.91 Å². The molecule has 0 unspecified atom stereocenters. The summed E-state index contributed by atoms with van der Waals surface area (Å²) in [6.45, 7) is 4.04. The number of carbonyl (C=O) groups excluding carboxylic acids is 1. The first-order chi connectivity index (χ1) is 11.7. The summed E-state index contributed by atoms with van der Waals surface area (Å²) in [5, 5.41) is 14.2. The van der Waals surface area contributed by atoms with Gasteiger partial charge >= 0.3 is 5.97 Å². The number of carboxylic acid groups (broad SMARTS) is 1. The van der Waals surface area contributed by atoms with E-state index in [0.29, 0.717) is 45.7 Å². The van der Waals surface area contributed by atoms with Crippen LogP contribution in [0, 0.1) is 0 Å². The number of nitrogens with one attached hydrogen (secondary N) is 2. The molecular weight excluding hydrogens is 320 g/mol. The summed E-state index contributed by atoms with van der Waals surface area (Å²) in [5.41, 5.74) is 0. The topological polar surface area (TPSA) is 115 Å². The second-order valence-electron chi connectivity index (χ2n) is 5.28. The summed E-state index contributed by atoms with van der Waals surface area (Å²) in [7, 11) is 0. The zero-order valence-corrected chi connectivity index (χ0v) is 14.0. The first-order valence-corrected chi connectivity index (χ1v) is 8.22. The lowest BCUT2D eigenvalue weighted by Crippen LogP contribution is -2.33. The van der Waals surface area contributed by atoms with Gasteiger partial charge in [0.05, 0.1) is 39.1 Å². The van der Waals surface area contributed by atoms with Crippen molar-refractivity contribution in [1.82, 2.24) is 10.6 Å². The van der Waals surface area contributed by atoms with E-state index in [1.54, 1.807) is 0 Å². The molecule has 1 heterocycles. The quantitative estimate of drug-likeness (QED) is 0.343. The van der Waals surface area contributed by atoms with Gasteiger partial charge in [-0.3, -0.25) is 4.79 Å². The van der Waals surface area contributed by atoms with Crippen molar-refractivity contribution in [3.05, 3.63) is 0 Å². The van der Waals surface area contributed by atoms with Crippen molar-refractivity contribution in [2.75, 3.05) is 65.9 Å². The second-order valence-corrected chi connectivity index (χ2v) is 5.28. The Morgan fingerprint density at radius 2 is 1.62 bits per heavy atom. The van der Waals surface area contributed by atoms with Crippen LogP contribution in [-0.2, 0) is 28.5 Å². The van der Waals surface area contributed by atoms with Crippen molar-refractivity contribution in [1.29, 1.82) is 0 Å². The fraction of sp³-hybridized carbons (Fsp3) is 0.867. The summed E-state index contributed by atoms with van der Waals surface area (Å²) in [6, 6.07) is 0. The van der Waals surface area contributed by atoms with Gasteiger partial charge in [-0.25, -0.2) is 4.79 Å². The summed E-state index contributed by atoms with van der Waals surface area (Å²) in [5.74, 6) is -1.47. The van der Waals surface area contributed by atoms with E-state index in [0.717, 1.165) is 25.9 Å². The average Bonchev–Trinajstić information content (AvgIpc) is 2.57. The van der Waals surface area contributed by atoms with Crippen molar-refractivity contribution in [3.63, 3.8) is 0 Å². The molecule has 1 fully saturated rings. The van der Waals surface area contributed by atoms with Crippen molar-refractivity contribution in [2.24, 2.45) is 0 Å². The molecule has 0 saturated carbocycles. The third kappa shape index (κ3) is 12.2. The van der Waals surface area contributed by atoms with Crippen LogP contribution >= 0.6 is 0 Å². The Bertz CT molecular complexity index is 349. The smallest absolute Gasteiger partial charge is 0.329 e. The molecular formula is C15H28N2O7. The zero-order valence-electron chi connectivity index (χ0n) is 14.0. The SMILES string of the molecule is O=C(O)COCC(=O)NCCOCCOCCOC1CCNCC1. The van der Waals surface area contributed by atoms with Crippen LogP contribution in [0.15, 0.2) is 0 Å². The first kappa shape index (κ1) is 20.8. The van der Waals surface area contributed by atoms with E-state index in [9.17, 15) is 9.59 Å². The van der Waals surface area contributed by atoms with E-state index in [1.807, 2.05) is 0 Å². The Kier molecular flexibility index (Phi) is 12.2. The number of rotatable bonds is 14. The molecule has 0 radical (unpaired) electrons. The van der Waals surface area contributed by atoms with Crippen LogP contribution in [0.25, 0.3) is 0 Å². The molecule has 9 nitrogen and oxygen atoms in total. The van der Waals surface area contributed by atoms with E-state index in [4.69, 9.17) is 19.3 Å². The number of hydrogen-bond donors (Lipinski definition) is 3. The summed E-state index contributed by atoms with van der Waals surface area (Å²) < 4.78 is 21.0. The Morgan fingerprint density at radius 3 is 2.33 bits per heavy atom. The molecule has 0 spiro atoms. The number of carboxylic acids is 1. The molecule has 0 aromatic carbocycles. The summed E-state index contributed by atoms with van der Waals surface area (Å²) >= 11 is 0. The van der Waals surface area contributed by atoms with Gasteiger partial charge in [0.15, 0.2) is 0 Å². The molecule has 0 aromatic heterocycles. The molecule has 1 aliphatic heterocycles. The van der Waals surface area contributed by atoms with Crippen LogP contribution in [0.3, 0.4) is 0 Å². The van der Waals surface area contributed by atoms with E-state index in [-0.39, 0.29) is 12.5 Å². The molecule has 1 aliphatic rings. The molecule has 24 heavy (non-hydrogen) atoms. The lowest BCUT2D eigenvalue weighted by Gasteiger charge is -2.22. The van der Waals surface area contributed by atoms with Gasteiger partial charge in [-0.05, 0) is 25.9 Å². The third-order valence-electron chi connectivity index (χ3n) is 3.27. The van der Waals surface area contributed by atoms with Gasteiger partial charge in [-0.1, -0.05) is 0 Å². The third-order valence-corrected chi connectivity index (χ3v) is 3.27. The molecule has 1 saturated heterocycles. The first-order valence-electron chi connectivity index (χ1n) is 8.22. The minimum absolute atomic E-state index is 0.271. The highest BCUT2D eigenvalue weighted by Crippen LogP contribution is 2.06. The lowest BCUT2D eigenvalue weighted by atomic mass is 10.1. The van der Waals surface area contributed by atoms with Crippen molar-refractivity contribution in [3.8, 4) is 0 Å². The Hall–Kier alpha value is -1.26. The van der Waals surface area contributed by atoms with Crippen molar-refractivity contribution in [2.45, 2.75) is 18.9 Å². The Balaban J connectivity index is 1.77. The molecule has 0 bridgehead atoms. The zero-order chi connectivity index (χ0) is 17.5. The molecule has 0 atom stereocenters.